The first kappa shape index (κ1) is 18.1. The second-order valence-electron chi connectivity index (χ2n) is 8.35. The molecule has 0 aromatic carbocycles. The van der Waals surface area contributed by atoms with Crippen molar-refractivity contribution in [3.63, 3.8) is 0 Å². The number of pyridine rings is 1. The van der Waals surface area contributed by atoms with Gasteiger partial charge in [0.15, 0.2) is 0 Å². The van der Waals surface area contributed by atoms with Crippen LogP contribution in [0.3, 0.4) is 0 Å². The van der Waals surface area contributed by atoms with E-state index in [-0.39, 0.29) is 18.2 Å². The second kappa shape index (κ2) is 6.25. The van der Waals surface area contributed by atoms with Gasteiger partial charge in [0, 0.05) is 19.0 Å². The van der Waals surface area contributed by atoms with E-state index in [2.05, 4.69) is 4.98 Å². The number of rotatable bonds is 1. The monoisotopic (exact) mass is 348 g/mol. The van der Waals surface area contributed by atoms with Gasteiger partial charge in [-0.2, -0.15) is 0 Å². The van der Waals surface area contributed by atoms with Crippen LogP contribution in [0.1, 0.15) is 50.4 Å². The molecule has 25 heavy (non-hydrogen) atoms. The van der Waals surface area contributed by atoms with Gasteiger partial charge in [-0.1, -0.05) is 6.07 Å². The normalized spacial score (nSPS) is 29.4. The van der Waals surface area contributed by atoms with E-state index in [4.69, 9.17) is 9.47 Å². The van der Waals surface area contributed by atoms with Gasteiger partial charge in [-0.05, 0) is 45.7 Å². The summed E-state index contributed by atoms with van der Waals surface area (Å²) in [6, 6.07) is 1.61. The summed E-state index contributed by atoms with van der Waals surface area (Å²) in [5, 5.41) is 11.4. The largest absolute Gasteiger partial charge is 0.444 e. The molecule has 0 radical (unpaired) electrons. The van der Waals surface area contributed by atoms with Crippen molar-refractivity contribution in [2.24, 2.45) is 0 Å². The number of aryl methyl sites for hydroxylation is 2. The van der Waals surface area contributed by atoms with Crippen molar-refractivity contribution in [1.82, 2.24) is 9.88 Å². The molecule has 6 heteroatoms. The number of fused-ring (bicyclic) bond motifs is 2. The fraction of sp³-hybridized carbons (Fsp3) is 0.684. The maximum absolute atomic E-state index is 12.6. The predicted octanol–water partition coefficient (Wildman–Crippen LogP) is 2.68. The van der Waals surface area contributed by atoms with Gasteiger partial charge in [0.05, 0.1) is 31.0 Å². The molecule has 2 fully saturated rings. The molecule has 1 aromatic heterocycles. The number of nitrogens with zero attached hydrogens (tertiary/aromatic N) is 2. The molecule has 2 saturated heterocycles. The third-order valence-electron chi connectivity index (χ3n) is 4.81. The number of aromatic nitrogens is 1. The molecular formula is C19H28N2O4. The minimum atomic E-state index is -1.05. The summed E-state index contributed by atoms with van der Waals surface area (Å²) in [6.45, 7) is 10.3. The minimum absolute atomic E-state index is 0.213. The molecule has 2 aliphatic rings. The van der Waals surface area contributed by atoms with E-state index >= 15 is 0 Å². The van der Waals surface area contributed by atoms with Gasteiger partial charge in [-0.15, -0.1) is 0 Å². The highest BCUT2D eigenvalue weighted by Gasteiger charge is 2.50. The van der Waals surface area contributed by atoms with Crippen LogP contribution in [0.25, 0.3) is 0 Å². The van der Waals surface area contributed by atoms with Crippen LogP contribution in [0, 0.1) is 13.8 Å². The van der Waals surface area contributed by atoms with E-state index in [1.807, 2.05) is 40.7 Å². The van der Waals surface area contributed by atoms with E-state index in [0.29, 0.717) is 31.7 Å². The van der Waals surface area contributed by atoms with E-state index in [9.17, 15) is 9.90 Å². The zero-order valence-corrected chi connectivity index (χ0v) is 15.7. The van der Waals surface area contributed by atoms with Crippen LogP contribution in [0.5, 0.6) is 0 Å². The van der Waals surface area contributed by atoms with Gasteiger partial charge < -0.3 is 14.6 Å². The van der Waals surface area contributed by atoms with Crippen molar-refractivity contribution in [2.75, 3.05) is 13.2 Å². The van der Waals surface area contributed by atoms with Crippen molar-refractivity contribution in [2.45, 2.75) is 70.7 Å². The Balaban J connectivity index is 1.87. The topological polar surface area (TPSA) is 71.9 Å². The third-order valence-corrected chi connectivity index (χ3v) is 4.81. The Kier molecular flexibility index (Phi) is 4.54. The van der Waals surface area contributed by atoms with Crippen LogP contribution in [0.15, 0.2) is 12.3 Å². The Hall–Kier alpha value is -1.66. The molecule has 2 unspecified atom stereocenters. The van der Waals surface area contributed by atoms with Crippen molar-refractivity contribution < 1.29 is 19.4 Å². The number of hydrogen-bond acceptors (Lipinski definition) is 5. The summed E-state index contributed by atoms with van der Waals surface area (Å²) in [5.41, 5.74) is 1.16. The molecule has 1 aromatic rings. The first-order valence-corrected chi connectivity index (χ1v) is 8.84. The summed E-state index contributed by atoms with van der Waals surface area (Å²) < 4.78 is 11.2. The molecule has 1 amide bonds. The molecule has 0 aliphatic carbocycles. The van der Waals surface area contributed by atoms with E-state index < -0.39 is 11.2 Å². The van der Waals surface area contributed by atoms with Gasteiger partial charge in [0.2, 0.25) is 0 Å². The molecule has 0 saturated carbocycles. The quantitative estimate of drug-likeness (QED) is 0.845. The summed E-state index contributed by atoms with van der Waals surface area (Å²) >= 11 is 0. The number of ether oxygens (including phenoxy) is 2. The van der Waals surface area contributed by atoms with Crippen molar-refractivity contribution in [3.05, 3.63) is 29.1 Å². The lowest BCUT2D eigenvalue weighted by Gasteiger charge is -2.51. The SMILES string of the molecule is Cc1cnc(C2(O)CC3COCC(C2)N3C(=O)OC(C)(C)C)c(C)c1. The fourth-order valence-corrected chi connectivity index (χ4v) is 3.98. The van der Waals surface area contributed by atoms with Crippen LogP contribution in [-0.2, 0) is 15.1 Å². The Morgan fingerprint density at radius 3 is 2.44 bits per heavy atom. The predicted molar refractivity (Wildman–Crippen MR) is 93.3 cm³/mol. The summed E-state index contributed by atoms with van der Waals surface area (Å²) in [7, 11) is 0. The van der Waals surface area contributed by atoms with E-state index in [1.165, 1.54) is 0 Å². The van der Waals surface area contributed by atoms with Crippen molar-refractivity contribution in [1.29, 1.82) is 0 Å². The molecule has 0 spiro atoms. The van der Waals surface area contributed by atoms with Gasteiger partial charge in [-0.3, -0.25) is 9.88 Å². The van der Waals surface area contributed by atoms with E-state index in [1.54, 1.807) is 11.1 Å². The Morgan fingerprint density at radius 2 is 1.92 bits per heavy atom. The molecule has 1 N–H and O–H groups in total. The lowest BCUT2D eigenvalue weighted by atomic mass is 9.78. The molecule has 138 valence electrons. The lowest BCUT2D eigenvalue weighted by Crippen LogP contribution is -2.63. The molecule has 3 heterocycles. The van der Waals surface area contributed by atoms with Crippen LogP contribution < -0.4 is 0 Å². The van der Waals surface area contributed by atoms with Crippen LogP contribution in [0.4, 0.5) is 4.79 Å². The number of carbonyl (C=O) groups is 1. The number of piperidine rings is 1. The Labute approximate surface area is 149 Å². The molecular weight excluding hydrogens is 320 g/mol. The smallest absolute Gasteiger partial charge is 0.410 e. The van der Waals surface area contributed by atoms with Gasteiger partial charge >= 0.3 is 6.09 Å². The molecule has 2 bridgehead atoms. The third kappa shape index (κ3) is 3.65. The van der Waals surface area contributed by atoms with Crippen LogP contribution >= 0.6 is 0 Å². The first-order chi connectivity index (χ1) is 11.6. The standard InChI is InChI=1S/C19H28N2O4/c1-12-6-13(2)16(20-9-12)19(23)7-14-10-24-11-15(8-19)21(14)17(22)25-18(3,4)5/h6,9,14-15,23H,7-8,10-11H2,1-5H3. The maximum Gasteiger partial charge on any atom is 0.410 e. The second-order valence-corrected chi connectivity index (χ2v) is 8.35. The highest BCUT2D eigenvalue weighted by Crippen LogP contribution is 2.41. The zero-order valence-electron chi connectivity index (χ0n) is 15.7. The van der Waals surface area contributed by atoms with Crippen molar-refractivity contribution >= 4 is 6.09 Å². The first-order valence-electron chi connectivity index (χ1n) is 8.84. The maximum atomic E-state index is 12.6. The van der Waals surface area contributed by atoms with Gasteiger partial charge in [-0.25, -0.2) is 4.79 Å². The van der Waals surface area contributed by atoms with Crippen LogP contribution in [0.2, 0.25) is 0 Å². The minimum Gasteiger partial charge on any atom is -0.444 e. The van der Waals surface area contributed by atoms with Gasteiger partial charge in [0.1, 0.15) is 11.2 Å². The molecule has 2 atom stereocenters. The zero-order chi connectivity index (χ0) is 18.4. The van der Waals surface area contributed by atoms with Crippen LogP contribution in [-0.4, -0.2) is 52.0 Å². The summed E-state index contributed by atoms with van der Waals surface area (Å²) in [6.07, 6.45) is 2.26. The molecule has 6 nitrogen and oxygen atoms in total. The Bertz CT molecular complexity index is 654. The number of amides is 1. The Morgan fingerprint density at radius 1 is 1.32 bits per heavy atom. The highest BCUT2D eigenvalue weighted by molar-refractivity contribution is 5.69. The number of morpholine rings is 1. The molecule has 3 rings (SSSR count). The lowest BCUT2D eigenvalue weighted by molar-refractivity contribution is -0.142. The van der Waals surface area contributed by atoms with E-state index in [0.717, 1.165) is 11.1 Å². The number of aliphatic hydroxyl groups is 1. The van der Waals surface area contributed by atoms with Crippen molar-refractivity contribution in [3.8, 4) is 0 Å². The summed E-state index contributed by atoms with van der Waals surface area (Å²) in [4.78, 5) is 18.9. The number of hydrogen-bond donors (Lipinski definition) is 1. The van der Waals surface area contributed by atoms with Gasteiger partial charge in [0.25, 0.3) is 0 Å². The average molecular weight is 348 g/mol. The highest BCUT2D eigenvalue weighted by atomic mass is 16.6. The molecule has 2 aliphatic heterocycles. The average Bonchev–Trinajstić information content (AvgIpc) is 2.43. The number of carbonyl (C=O) groups excluding carboxylic acids is 1. The summed E-state index contributed by atoms with van der Waals surface area (Å²) in [5.74, 6) is 0. The fourth-order valence-electron chi connectivity index (χ4n) is 3.98.